The lowest BCUT2D eigenvalue weighted by Crippen LogP contribution is -2.64. The Hall–Kier alpha value is -0.960. The number of fused-ring (bicyclic) bond motifs is 1. The summed E-state index contributed by atoms with van der Waals surface area (Å²) in [4.78, 5) is 0. The van der Waals surface area contributed by atoms with Crippen molar-refractivity contribution in [2.45, 2.75) is 140 Å². The summed E-state index contributed by atoms with van der Waals surface area (Å²) >= 11 is 0. The molecule has 11 nitrogen and oxygen atoms in total. The van der Waals surface area contributed by atoms with Gasteiger partial charge in [-0.25, -0.2) is 0 Å². The van der Waals surface area contributed by atoms with Crippen LogP contribution in [0.2, 0.25) is 0 Å². The van der Waals surface area contributed by atoms with Gasteiger partial charge in [0.15, 0.2) is 12.6 Å². The lowest BCUT2D eigenvalue weighted by Gasteiger charge is -2.59. The Morgan fingerprint density at radius 2 is 1.70 bits per heavy atom. The first-order valence-corrected chi connectivity index (χ1v) is 15.7. The second kappa shape index (κ2) is 13.4. The minimum atomic E-state index is -1.63. The zero-order valence-electron chi connectivity index (χ0n) is 26.0. The molecule has 0 amide bonds. The molecule has 2 saturated heterocycles. The largest absolute Gasteiger partial charge is 0.394 e. The van der Waals surface area contributed by atoms with E-state index in [2.05, 4.69) is 27.0 Å². The van der Waals surface area contributed by atoms with Crippen molar-refractivity contribution in [3.05, 3.63) is 24.8 Å². The first-order valence-electron chi connectivity index (χ1n) is 15.7. The molecule has 4 aliphatic rings. The number of aliphatic hydroxyl groups excluding tert-OH is 6. The summed E-state index contributed by atoms with van der Waals surface area (Å²) in [6.07, 6.45) is -5.88. The Balaban J connectivity index is 1.53. The van der Waals surface area contributed by atoms with Gasteiger partial charge in [0, 0.05) is 0 Å². The summed E-state index contributed by atoms with van der Waals surface area (Å²) in [5.41, 5.74) is -0.0910. The lowest BCUT2D eigenvalue weighted by atomic mass is 9.46. The topological polar surface area (TPSA) is 179 Å². The van der Waals surface area contributed by atoms with E-state index >= 15 is 0 Å². The molecule has 2 saturated carbocycles. The van der Waals surface area contributed by atoms with E-state index in [0.717, 1.165) is 38.5 Å². The average molecular weight is 615 g/mol. The van der Waals surface area contributed by atoms with Gasteiger partial charge in [0.1, 0.15) is 42.7 Å². The van der Waals surface area contributed by atoms with E-state index < -0.39 is 73.6 Å². The lowest BCUT2D eigenvalue weighted by molar-refractivity contribution is -0.367. The van der Waals surface area contributed by atoms with Crippen molar-refractivity contribution in [2.75, 3.05) is 13.2 Å². The zero-order valence-corrected chi connectivity index (χ0v) is 26.0. The van der Waals surface area contributed by atoms with E-state index in [0.29, 0.717) is 6.42 Å². The number of ether oxygens (including phenoxy) is 4. The van der Waals surface area contributed by atoms with Crippen molar-refractivity contribution >= 4 is 0 Å². The standard InChI is InChI=1S/C32H54O11/c1-7-31(5,39)14-11-19-17(2)9-10-21-30(4,12-8-13-32(19,21)6)16-40-29-27(25(37)23(35)20(15-33)42-29)43-28-26(38)24(36)22(34)18(3)41-28/h7,18-29,33-39H,1-2,8-16H2,3-6H3/t18-,19-,20+,21?,22-,23+,24+,25-,26+,27+,28-,29+,30-,31+,32+/m0/s1. The summed E-state index contributed by atoms with van der Waals surface area (Å²) < 4.78 is 23.7. The quantitative estimate of drug-likeness (QED) is 0.176. The number of allylic oxidation sites excluding steroid dienone is 1. The fourth-order valence-electron chi connectivity index (χ4n) is 8.22. The summed E-state index contributed by atoms with van der Waals surface area (Å²) in [5, 5.41) is 72.9. The van der Waals surface area contributed by atoms with Gasteiger partial charge >= 0.3 is 0 Å². The SMILES string of the molecule is C=C[C@@](C)(O)CC[C@H]1C(=C)CCC2[C@](C)(CO[C@@H]3O[C@H](CO)[C@@H](O)[C@H](O)[C@H]3O[C@@H]3O[C@@H](C)[C@H](O)[C@@H](O)[C@H]3O)CCC[C@@]21C. The molecule has 7 N–H and O–H groups in total. The highest BCUT2D eigenvalue weighted by atomic mass is 16.8. The van der Waals surface area contributed by atoms with Crippen LogP contribution in [0.1, 0.15) is 72.6 Å². The van der Waals surface area contributed by atoms with Gasteiger partial charge in [-0.1, -0.05) is 38.5 Å². The predicted octanol–water partition coefficient (Wildman–Crippen LogP) is 1.15. The zero-order chi connectivity index (χ0) is 31.9. The van der Waals surface area contributed by atoms with Gasteiger partial charge in [-0.3, -0.25) is 0 Å². The number of rotatable bonds is 10. The molecule has 0 aromatic carbocycles. The smallest absolute Gasteiger partial charge is 0.187 e. The molecule has 0 aromatic rings. The first-order chi connectivity index (χ1) is 20.1. The average Bonchev–Trinajstić information content (AvgIpc) is 2.96. The van der Waals surface area contributed by atoms with Crippen LogP contribution in [0.3, 0.4) is 0 Å². The molecule has 11 heteroatoms. The molecule has 4 rings (SSSR count). The van der Waals surface area contributed by atoms with Crippen LogP contribution in [-0.4, -0.2) is 116 Å². The minimum Gasteiger partial charge on any atom is -0.394 e. The van der Waals surface area contributed by atoms with Crippen LogP contribution in [0.5, 0.6) is 0 Å². The van der Waals surface area contributed by atoms with Crippen molar-refractivity contribution in [2.24, 2.45) is 22.7 Å². The molecule has 15 atom stereocenters. The van der Waals surface area contributed by atoms with Crippen LogP contribution in [0.25, 0.3) is 0 Å². The van der Waals surface area contributed by atoms with Crippen LogP contribution in [0.4, 0.5) is 0 Å². The molecule has 0 aromatic heterocycles. The number of hydrogen-bond donors (Lipinski definition) is 7. The molecule has 4 fully saturated rings. The van der Waals surface area contributed by atoms with E-state index in [1.807, 2.05) is 0 Å². The Morgan fingerprint density at radius 1 is 1.00 bits per heavy atom. The van der Waals surface area contributed by atoms with Crippen LogP contribution < -0.4 is 0 Å². The molecule has 0 spiro atoms. The molecular formula is C32H54O11. The van der Waals surface area contributed by atoms with Crippen molar-refractivity contribution in [1.29, 1.82) is 0 Å². The third-order valence-electron chi connectivity index (χ3n) is 11.0. The molecule has 2 aliphatic heterocycles. The van der Waals surface area contributed by atoms with Gasteiger partial charge in [0.05, 0.1) is 24.9 Å². The van der Waals surface area contributed by atoms with Gasteiger partial charge in [-0.05, 0) is 75.0 Å². The summed E-state index contributed by atoms with van der Waals surface area (Å²) in [6, 6.07) is 0. The van der Waals surface area contributed by atoms with E-state index in [1.165, 1.54) is 12.5 Å². The normalized spacial score (nSPS) is 48.8. The van der Waals surface area contributed by atoms with Crippen LogP contribution >= 0.6 is 0 Å². The molecule has 0 bridgehead atoms. The maximum absolute atomic E-state index is 11.0. The summed E-state index contributed by atoms with van der Waals surface area (Å²) in [5.74, 6) is 0.495. The highest BCUT2D eigenvalue weighted by Gasteiger charge is 2.56. The van der Waals surface area contributed by atoms with E-state index in [-0.39, 0.29) is 29.3 Å². The Labute approximate surface area is 255 Å². The maximum Gasteiger partial charge on any atom is 0.187 e. The molecule has 43 heavy (non-hydrogen) atoms. The van der Waals surface area contributed by atoms with E-state index in [9.17, 15) is 35.7 Å². The molecule has 1 unspecified atom stereocenters. The number of aliphatic hydroxyl groups is 7. The third kappa shape index (κ3) is 6.92. The van der Waals surface area contributed by atoms with Gasteiger partial charge in [-0.2, -0.15) is 0 Å². The second-order valence-corrected chi connectivity index (χ2v) is 14.2. The van der Waals surface area contributed by atoms with E-state index in [4.69, 9.17) is 18.9 Å². The molecule has 248 valence electrons. The minimum absolute atomic E-state index is 0.0667. The third-order valence-corrected chi connectivity index (χ3v) is 11.0. The molecule has 0 radical (unpaired) electrons. The fraction of sp³-hybridized carbons (Fsp3) is 0.875. The summed E-state index contributed by atoms with van der Waals surface area (Å²) in [7, 11) is 0. The van der Waals surface area contributed by atoms with Crippen LogP contribution in [-0.2, 0) is 18.9 Å². The van der Waals surface area contributed by atoms with Gasteiger partial charge < -0.3 is 54.7 Å². The molecular weight excluding hydrogens is 560 g/mol. The Bertz CT molecular complexity index is 975. The highest BCUT2D eigenvalue weighted by molar-refractivity contribution is 5.17. The fourth-order valence-corrected chi connectivity index (χ4v) is 8.22. The van der Waals surface area contributed by atoms with Crippen molar-refractivity contribution < 1.29 is 54.7 Å². The van der Waals surface area contributed by atoms with Crippen LogP contribution in [0, 0.1) is 22.7 Å². The van der Waals surface area contributed by atoms with Crippen LogP contribution in [0.15, 0.2) is 24.8 Å². The van der Waals surface area contributed by atoms with Gasteiger partial charge in [0.2, 0.25) is 0 Å². The Kier molecular flexibility index (Phi) is 10.9. The first kappa shape index (κ1) is 34.9. The monoisotopic (exact) mass is 614 g/mol. The molecule has 2 heterocycles. The number of hydrogen-bond acceptors (Lipinski definition) is 11. The van der Waals surface area contributed by atoms with Crippen molar-refractivity contribution in [3.63, 3.8) is 0 Å². The second-order valence-electron chi connectivity index (χ2n) is 14.2. The molecule has 2 aliphatic carbocycles. The highest BCUT2D eigenvalue weighted by Crippen LogP contribution is 2.62. The predicted molar refractivity (Wildman–Crippen MR) is 156 cm³/mol. The van der Waals surface area contributed by atoms with Crippen molar-refractivity contribution in [1.82, 2.24) is 0 Å². The summed E-state index contributed by atoms with van der Waals surface area (Å²) in [6.45, 7) is 15.7. The maximum atomic E-state index is 11.0. The Morgan fingerprint density at radius 3 is 2.35 bits per heavy atom. The van der Waals surface area contributed by atoms with E-state index in [1.54, 1.807) is 13.0 Å². The van der Waals surface area contributed by atoms with Crippen molar-refractivity contribution in [3.8, 4) is 0 Å². The van der Waals surface area contributed by atoms with Gasteiger partial charge in [0.25, 0.3) is 0 Å². The van der Waals surface area contributed by atoms with Gasteiger partial charge in [-0.15, -0.1) is 6.58 Å².